The van der Waals surface area contributed by atoms with E-state index in [4.69, 9.17) is 0 Å². The van der Waals surface area contributed by atoms with Crippen molar-refractivity contribution in [2.24, 2.45) is 0 Å². The molecule has 2 aromatic carbocycles. The van der Waals surface area contributed by atoms with E-state index < -0.39 is 0 Å². The predicted octanol–water partition coefficient (Wildman–Crippen LogP) is 3.75. The smallest absolute Gasteiger partial charge is 0.0378 e. The van der Waals surface area contributed by atoms with E-state index >= 15 is 0 Å². The summed E-state index contributed by atoms with van der Waals surface area (Å²) in [5.74, 6) is 0. The first kappa shape index (κ1) is 10.4. The van der Waals surface area contributed by atoms with E-state index in [1.165, 1.54) is 42.7 Å². The maximum absolute atomic E-state index is 3.26. The fraction of sp³-hybridized carbons (Fsp3) is 0.250. The normalized spacial score (nSPS) is 15.2. The van der Waals surface area contributed by atoms with Gasteiger partial charge in [-0.25, -0.2) is 0 Å². The molecule has 1 heteroatoms. The van der Waals surface area contributed by atoms with Crippen LogP contribution in [0, 0.1) is 6.07 Å². The molecule has 1 aliphatic rings. The van der Waals surface area contributed by atoms with Crippen LogP contribution in [0.1, 0.15) is 12.8 Å². The van der Waals surface area contributed by atoms with Crippen molar-refractivity contribution in [2.45, 2.75) is 12.8 Å². The highest BCUT2D eigenvalue weighted by atomic mass is 15.1. The largest absolute Gasteiger partial charge is 0.372 e. The maximum atomic E-state index is 3.26. The van der Waals surface area contributed by atoms with Crippen LogP contribution < -0.4 is 4.90 Å². The Kier molecular flexibility index (Phi) is 2.83. The Balaban J connectivity index is 1.94. The molecule has 1 heterocycles. The number of hydrogen-bond acceptors (Lipinski definition) is 1. The molecule has 17 heavy (non-hydrogen) atoms. The van der Waals surface area contributed by atoms with Gasteiger partial charge in [-0.05, 0) is 48.2 Å². The molecule has 2 aromatic rings. The third-order valence-corrected chi connectivity index (χ3v) is 3.35. The second-order valence-electron chi connectivity index (χ2n) is 4.54. The Labute approximate surface area is 103 Å². The summed E-state index contributed by atoms with van der Waals surface area (Å²) in [4.78, 5) is 2.45. The number of benzene rings is 2. The molecule has 1 saturated heterocycles. The van der Waals surface area contributed by atoms with Gasteiger partial charge in [-0.3, -0.25) is 0 Å². The van der Waals surface area contributed by atoms with Gasteiger partial charge in [0.15, 0.2) is 0 Å². The molecule has 0 bridgehead atoms. The molecule has 1 radical (unpaired) electrons. The van der Waals surface area contributed by atoms with Gasteiger partial charge >= 0.3 is 0 Å². The third-order valence-electron chi connectivity index (χ3n) is 3.35. The number of rotatable bonds is 2. The highest BCUT2D eigenvalue weighted by Gasteiger charge is 2.12. The van der Waals surface area contributed by atoms with E-state index in [1.54, 1.807) is 0 Å². The van der Waals surface area contributed by atoms with E-state index in [0.29, 0.717) is 0 Å². The first-order chi connectivity index (χ1) is 8.43. The minimum atomic E-state index is 1.19. The van der Waals surface area contributed by atoms with Gasteiger partial charge in [0.25, 0.3) is 0 Å². The van der Waals surface area contributed by atoms with Crippen molar-refractivity contribution >= 4 is 5.69 Å². The first-order valence-electron chi connectivity index (χ1n) is 6.25. The number of hydrogen-bond donors (Lipinski definition) is 0. The quantitative estimate of drug-likeness (QED) is 0.748. The molecule has 1 nitrogen and oxygen atoms in total. The van der Waals surface area contributed by atoms with Crippen LogP contribution in [0.25, 0.3) is 11.1 Å². The first-order valence-corrected chi connectivity index (χ1v) is 6.25. The zero-order chi connectivity index (χ0) is 11.5. The van der Waals surface area contributed by atoms with Crippen LogP contribution >= 0.6 is 0 Å². The van der Waals surface area contributed by atoms with Gasteiger partial charge in [0.05, 0.1) is 0 Å². The van der Waals surface area contributed by atoms with Gasteiger partial charge in [-0.1, -0.05) is 30.3 Å². The van der Waals surface area contributed by atoms with Crippen LogP contribution in [0.5, 0.6) is 0 Å². The Morgan fingerprint density at radius 3 is 2.41 bits per heavy atom. The van der Waals surface area contributed by atoms with Crippen molar-refractivity contribution in [2.75, 3.05) is 18.0 Å². The molecule has 0 spiro atoms. The molecule has 0 amide bonds. The second-order valence-corrected chi connectivity index (χ2v) is 4.54. The van der Waals surface area contributed by atoms with E-state index in [2.05, 4.69) is 59.5 Å². The van der Waals surface area contributed by atoms with Gasteiger partial charge in [-0.15, -0.1) is 0 Å². The average Bonchev–Trinajstić information content (AvgIpc) is 2.94. The molecule has 1 aliphatic heterocycles. The second kappa shape index (κ2) is 4.62. The summed E-state index contributed by atoms with van der Waals surface area (Å²) in [5, 5.41) is 0. The van der Waals surface area contributed by atoms with Crippen LogP contribution in [-0.2, 0) is 0 Å². The lowest BCUT2D eigenvalue weighted by atomic mass is 10.1. The Morgan fingerprint density at radius 1 is 0.882 bits per heavy atom. The lowest BCUT2D eigenvalue weighted by Crippen LogP contribution is -2.17. The van der Waals surface area contributed by atoms with Crippen molar-refractivity contribution < 1.29 is 0 Å². The summed E-state index contributed by atoms with van der Waals surface area (Å²) in [6.45, 7) is 2.37. The van der Waals surface area contributed by atoms with Crippen LogP contribution in [0.3, 0.4) is 0 Å². The van der Waals surface area contributed by atoms with Crippen LogP contribution in [0.2, 0.25) is 0 Å². The van der Waals surface area contributed by atoms with Crippen LogP contribution in [0.15, 0.2) is 48.5 Å². The molecule has 1 fully saturated rings. The Hall–Kier alpha value is -1.76. The van der Waals surface area contributed by atoms with Gasteiger partial charge in [-0.2, -0.15) is 0 Å². The average molecular weight is 222 g/mol. The molecule has 0 saturated carbocycles. The zero-order valence-electron chi connectivity index (χ0n) is 9.89. The molecule has 0 aromatic heterocycles. The van der Waals surface area contributed by atoms with Gasteiger partial charge in [0, 0.05) is 18.8 Å². The molecule has 0 N–H and O–H groups in total. The molecular formula is C16H16N. The summed E-state index contributed by atoms with van der Waals surface area (Å²) >= 11 is 0. The van der Waals surface area contributed by atoms with E-state index in [1.807, 2.05) is 0 Å². The number of anilines is 1. The molecular weight excluding hydrogens is 206 g/mol. The Morgan fingerprint density at radius 2 is 1.65 bits per heavy atom. The van der Waals surface area contributed by atoms with Crippen LogP contribution in [-0.4, -0.2) is 13.1 Å². The maximum Gasteiger partial charge on any atom is 0.0378 e. The van der Waals surface area contributed by atoms with Crippen molar-refractivity contribution in [3.63, 3.8) is 0 Å². The highest BCUT2D eigenvalue weighted by Crippen LogP contribution is 2.26. The minimum Gasteiger partial charge on any atom is -0.372 e. The zero-order valence-corrected chi connectivity index (χ0v) is 9.89. The summed E-state index contributed by atoms with van der Waals surface area (Å²) in [6.07, 6.45) is 2.63. The minimum absolute atomic E-state index is 1.19. The van der Waals surface area contributed by atoms with E-state index in [9.17, 15) is 0 Å². The van der Waals surface area contributed by atoms with Crippen molar-refractivity contribution in [1.82, 2.24) is 0 Å². The molecule has 0 atom stereocenters. The van der Waals surface area contributed by atoms with Gasteiger partial charge in [0.2, 0.25) is 0 Å². The lowest BCUT2D eigenvalue weighted by molar-refractivity contribution is 0.949. The van der Waals surface area contributed by atoms with Crippen molar-refractivity contribution in [3.05, 3.63) is 54.6 Å². The SMILES string of the molecule is [c]1cc(-c2ccccc2)cc(N2CCCC2)c1. The standard InChI is InChI=1S/C16H16N/c1-2-7-14(8-3-1)15-9-6-10-16(13-15)17-11-4-5-12-17/h1-3,7-10,13H,4-5,11-12H2. The third kappa shape index (κ3) is 2.19. The molecule has 0 unspecified atom stereocenters. The molecule has 3 rings (SSSR count). The fourth-order valence-electron chi connectivity index (χ4n) is 2.41. The summed E-state index contributed by atoms with van der Waals surface area (Å²) < 4.78 is 0. The van der Waals surface area contributed by atoms with Crippen molar-refractivity contribution in [1.29, 1.82) is 0 Å². The Bertz CT molecular complexity index is 484. The van der Waals surface area contributed by atoms with Crippen molar-refractivity contribution in [3.8, 4) is 11.1 Å². The highest BCUT2D eigenvalue weighted by molar-refractivity contribution is 5.68. The monoisotopic (exact) mass is 222 g/mol. The lowest BCUT2D eigenvalue weighted by Gasteiger charge is -2.18. The van der Waals surface area contributed by atoms with Gasteiger partial charge < -0.3 is 4.90 Å². The number of nitrogens with zero attached hydrogens (tertiary/aromatic N) is 1. The topological polar surface area (TPSA) is 3.24 Å². The molecule has 85 valence electrons. The predicted molar refractivity (Wildman–Crippen MR) is 72.2 cm³/mol. The summed E-state index contributed by atoms with van der Waals surface area (Å²) in [7, 11) is 0. The summed E-state index contributed by atoms with van der Waals surface area (Å²) in [6, 6.07) is 20.2. The van der Waals surface area contributed by atoms with Crippen LogP contribution in [0.4, 0.5) is 5.69 Å². The van der Waals surface area contributed by atoms with E-state index in [0.717, 1.165) is 0 Å². The fourth-order valence-corrected chi connectivity index (χ4v) is 2.41. The van der Waals surface area contributed by atoms with Gasteiger partial charge in [0.1, 0.15) is 0 Å². The van der Waals surface area contributed by atoms with E-state index in [-0.39, 0.29) is 0 Å². The molecule has 0 aliphatic carbocycles. The summed E-state index contributed by atoms with van der Waals surface area (Å²) in [5.41, 5.74) is 3.84.